The number of nitrogens with one attached hydrogen (secondary N) is 2. The molecule has 6 heteroatoms. The summed E-state index contributed by atoms with van der Waals surface area (Å²) in [5.41, 5.74) is 0.665. The molecule has 1 fully saturated rings. The average Bonchev–Trinajstić information content (AvgIpc) is 2.32. The van der Waals surface area contributed by atoms with E-state index in [-0.39, 0.29) is 18.1 Å². The second-order valence-corrected chi connectivity index (χ2v) is 6.08. The number of hydrogen-bond donors (Lipinski definition) is 2. The molecule has 0 aromatic heterocycles. The first-order valence-electron chi connectivity index (χ1n) is 6.68. The van der Waals surface area contributed by atoms with Gasteiger partial charge in [0.1, 0.15) is 25.3 Å². The zero-order chi connectivity index (χ0) is 14.7. The van der Waals surface area contributed by atoms with Gasteiger partial charge < -0.3 is 15.0 Å². The van der Waals surface area contributed by atoms with Crippen molar-refractivity contribution in [3.05, 3.63) is 28.2 Å². The molecule has 0 aliphatic carbocycles. The molecule has 0 radical (unpaired) electrons. The Morgan fingerprint density at radius 1 is 1.30 bits per heavy atom. The van der Waals surface area contributed by atoms with E-state index in [0.717, 1.165) is 13.1 Å². The van der Waals surface area contributed by atoms with Gasteiger partial charge in [0.15, 0.2) is 6.54 Å². The molecule has 1 aromatic carbocycles. The number of carbonyl (C=O) groups excluding carboxylic acids is 1. The number of anilines is 1. The Morgan fingerprint density at radius 3 is 2.55 bits per heavy atom. The third-order valence-electron chi connectivity index (χ3n) is 3.23. The zero-order valence-corrected chi connectivity index (χ0v) is 13.1. The fourth-order valence-corrected chi connectivity index (χ4v) is 2.84. The van der Waals surface area contributed by atoms with E-state index in [1.165, 1.54) is 4.90 Å². The highest BCUT2D eigenvalue weighted by molar-refractivity contribution is 6.42. The van der Waals surface area contributed by atoms with Gasteiger partial charge in [0.25, 0.3) is 5.91 Å². The molecule has 0 spiro atoms. The summed E-state index contributed by atoms with van der Waals surface area (Å²) >= 11 is 11.8. The molecule has 4 nitrogen and oxygen atoms in total. The van der Waals surface area contributed by atoms with E-state index in [0.29, 0.717) is 22.3 Å². The molecule has 1 saturated heterocycles. The van der Waals surface area contributed by atoms with Crippen molar-refractivity contribution in [2.75, 3.05) is 25.0 Å². The fraction of sp³-hybridized carbons (Fsp3) is 0.500. The van der Waals surface area contributed by atoms with Crippen LogP contribution in [0.1, 0.15) is 13.8 Å². The molecule has 1 aliphatic rings. The Bertz CT molecular complexity index is 486. The number of carbonyl (C=O) groups is 1. The minimum absolute atomic E-state index is 0.0281. The monoisotopic (exact) mass is 317 g/mol. The van der Waals surface area contributed by atoms with E-state index in [4.69, 9.17) is 27.9 Å². The molecule has 2 rings (SSSR count). The third kappa shape index (κ3) is 4.35. The molecule has 0 saturated carbocycles. The standard InChI is InChI=1S/C14H18Cl2N2O2/c1-9-6-18(7-10(2)20-9)8-14(19)17-11-3-4-12(15)13(16)5-11/h3-5,9-10H,6-8H2,1-2H3,(H,17,19)/p+1/t9-,10-/m0/s1. The number of amides is 1. The maximum atomic E-state index is 12.0. The highest BCUT2D eigenvalue weighted by Gasteiger charge is 2.27. The van der Waals surface area contributed by atoms with Gasteiger partial charge in [-0.3, -0.25) is 4.79 Å². The maximum absolute atomic E-state index is 12.0. The number of rotatable bonds is 3. The minimum Gasteiger partial charge on any atom is -0.364 e. The van der Waals surface area contributed by atoms with Crippen LogP contribution in [0.25, 0.3) is 0 Å². The van der Waals surface area contributed by atoms with Crippen LogP contribution in [0.4, 0.5) is 5.69 Å². The van der Waals surface area contributed by atoms with Gasteiger partial charge >= 0.3 is 0 Å². The first kappa shape index (κ1) is 15.6. The van der Waals surface area contributed by atoms with Crippen molar-refractivity contribution < 1.29 is 14.4 Å². The number of ether oxygens (including phenoxy) is 1. The van der Waals surface area contributed by atoms with Crippen LogP contribution in [-0.2, 0) is 9.53 Å². The molecule has 1 heterocycles. The Kier molecular flexibility index (Phi) is 5.27. The van der Waals surface area contributed by atoms with Gasteiger partial charge in [-0.15, -0.1) is 0 Å². The third-order valence-corrected chi connectivity index (χ3v) is 3.97. The highest BCUT2D eigenvalue weighted by Crippen LogP contribution is 2.24. The van der Waals surface area contributed by atoms with E-state index in [1.54, 1.807) is 18.2 Å². The van der Waals surface area contributed by atoms with Crippen molar-refractivity contribution in [1.29, 1.82) is 0 Å². The molecule has 1 aromatic rings. The van der Waals surface area contributed by atoms with Crippen molar-refractivity contribution in [2.24, 2.45) is 0 Å². The molecule has 1 amide bonds. The Morgan fingerprint density at radius 2 is 1.95 bits per heavy atom. The smallest absolute Gasteiger partial charge is 0.279 e. The van der Waals surface area contributed by atoms with Gasteiger partial charge in [0, 0.05) is 5.69 Å². The summed E-state index contributed by atoms with van der Waals surface area (Å²) in [4.78, 5) is 13.3. The number of morpholine rings is 1. The fourth-order valence-electron chi connectivity index (χ4n) is 2.54. The number of quaternary nitrogens is 1. The molecular weight excluding hydrogens is 299 g/mol. The molecule has 1 aliphatic heterocycles. The molecule has 2 N–H and O–H groups in total. The van der Waals surface area contributed by atoms with Gasteiger partial charge in [-0.25, -0.2) is 0 Å². The maximum Gasteiger partial charge on any atom is 0.279 e. The minimum atomic E-state index is -0.0281. The van der Waals surface area contributed by atoms with Crippen LogP contribution < -0.4 is 10.2 Å². The SMILES string of the molecule is C[C@H]1C[NH+](CC(=O)Nc2ccc(Cl)c(Cl)c2)C[C@H](C)O1. The average molecular weight is 318 g/mol. The van der Waals surface area contributed by atoms with Crippen molar-refractivity contribution in [3.63, 3.8) is 0 Å². The van der Waals surface area contributed by atoms with Crippen molar-refractivity contribution in [1.82, 2.24) is 0 Å². The predicted molar refractivity (Wildman–Crippen MR) is 80.7 cm³/mol. The zero-order valence-electron chi connectivity index (χ0n) is 11.6. The normalized spacial score (nSPS) is 26.3. The second-order valence-electron chi connectivity index (χ2n) is 5.27. The van der Waals surface area contributed by atoms with Crippen LogP contribution in [0, 0.1) is 0 Å². The van der Waals surface area contributed by atoms with Gasteiger partial charge in [0.2, 0.25) is 0 Å². The second kappa shape index (κ2) is 6.76. The lowest BCUT2D eigenvalue weighted by atomic mass is 10.2. The van der Waals surface area contributed by atoms with Crippen molar-refractivity contribution in [2.45, 2.75) is 26.1 Å². The lowest BCUT2D eigenvalue weighted by Gasteiger charge is -2.31. The first-order valence-corrected chi connectivity index (χ1v) is 7.43. The van der Waals surface area contributed by atoms with Crippen LogP contribution in [0.2, 0.25) is 10.0 Å². The Labute approximate surface area is 129 Å². The lowest BCUT2D eigenvalue weighted by molar-refractivity contribution is -0.907. The summed E-state index contributed by atoms with van der Waals surface area (Å²) < 4.78 is 5.66. The van der Waals surface area contributed by atoms with E-state index < -0.39 is 0 Å². The first-order chi connectivity index (χ1) is 9.44. The number of benzene rings is 1. The van der Waals surface area contributed by atoms with E-state index >= 15 is 0 Å². The number of halogens is 2. The van der Waals surface area contributed by atoms with Crippen LogP contribution >= 0.6 is 23.2 Å². The van der Waals surface area contributed by atoms with Crippen LogP contribution in [0.3, 0.4) is 0 Å². The Hall–Kier alpha value is -0.810. The van der Waals surface area contributed by atoms with Gasteiger partial charge in [0.05, 0.1) is 10.0 Å². The quantitative estimate of drug-likeness (QED) is 0.889. The predicted octanol–water partition coefficient (Wildman–Crippen LogP) is 1.62. The number of hydrogen-bond acceptors (Lipinski definition) is 2. The summed E-state index contributed by atoms with van der Waals surface area (Å²) in [6.07, 6.45) is 0.373. The molecule has 0 unspecified atom stereocenters. The summed E-state index contributed by atoms with van der Waals surface area (Å²) in [5, 5.41) is 3.76. The van der Waals surface area contributed by atoms with Crippen LogP contribution in [-0.4, -0.2) is 37.7 Å². The summed E-state index contributed by atoms with van der Waals surface area (Å²) in [7, 11) is 0. The van der Waals surface area contributed by atoms with Crippen LogP contribution in [0.5, 0.6) is 0 Å². The van der Waals surface area contributed by atoms with Crippen molar-refractivity contribution >= 4 is 34.8 Å². The summed E-state index contributed by atoms with van der Waals surface area (Å²) in [5.74, 6) is -0.0281. The van der Waals surface area contributed by atoms with Gasteiger partial charge in [-0.2, -0.15) is 0 Å². The van der Waals surface area contributed by atoms with Gasteiger partial charge in [-0.1, -0.05) is 23.2 Å². The van der Waals surface area contributed by atoms with Gasteiger partial charge in [-0.05, 0) is 32.0 Å². The molecule has 20 heavy (non-hydrogen) atoms. The van der Waals surface area contributed by atoms with E-state index in [1.807, 2.05) is 13.8 Å². The lowest BCUT2D eigenvalue weighted by Crippen LogP contribution is -3.16. The van der Waals surface area contributed by atoms with E-state index in [9.17, 15) is 4.79 Å². The summed E-state index contributed by atoms with van der Waals surface area (Å²) in [6.45, 7) is 6.19. The topological polar surface area (TPSA) is 42.8 Å². The molecule has 110 valence electrons. The van der Waals surface area contributed by atoms with Crippen LogP contribution in [0.15, 0.2) is 18.2 Å². The van der Waals surface area contributed by atoms with E-state index in [2.05, 4.69) is 5.32 Å². The molecule has 2 atom stereocenters. The molecule has 0 bridgehead atoms. The van der Waals surface area contributed by atoms with Crippen molar-refractivity contribution in [3.8, 4) is 0 Å². The molecular formula is C14H19Cl2N2O2+. The Balaban J connectivity index is 1.90. The summed E-state index contributed by atoms with van der Waals surface area (Å²) in [6, 6.07) is 5.07. The highest BCUT2D eigenvalue weighted by atomic mass is 35.5. The largest absolute Gasteiger partial charge is 0.364 e.